The van der Waals surface area contributed by atoms with Gasteiger partial charge in [0.2, 0.25) is 0 Å². The number of hydrogen-bond donors (Lipinski definition) is 0. The van der Waals surface area contributed by atoms with Gasteiger partial charge in [0.05, 0.1) is 17.7 Å². The summed E-state index contributed by atoms with van der Waals surface area (Å²) < 4.78 is 18.8. The Bertz CT molecular complexity index is 469. The largest absolute Gasteiger partial charge is 0.377 e. The number of halogens is 1. The minimum absolute atomic E-state index is 0.207. The van der Waals surface area contributed by atoms with Gasteiger partial charge in [-0.15, -0.1) is 0 Å². The first kappa shape index (κ1) is 13.0. The average Bonchev–Trinajstić information content (AvgIpc) is 2.74. The zero-order valence-corrected chi connectivity index (χ0v) is 10.7. The molecule has 0 aliphatic carbocycles. The van der Waals surface area contributed by atoms with Gasteiger partial charge >= 0.3 is 0 Å². The van der Waals surface area contributed by atoms with E-state index in [9.17, 15) is 4.39 Å². The lowest BCUT2D eigenvalue weighted by Crippen LogP contribution is -2.36. The van der Waals surface area contributed by atoms with Gasteiger partial charge in [-0.05, 0) is 44.2 Å². The molecule has 0 radical (unpaired) electrons. The van der Waals surface area contributed by atoms with Crippen LogP contribution in [0.15, 0.2) is 18.2 Å². The lowest BCUT2D eigenvalue weighted by molar-refractivity contribution is 0.0814. The van der Waals surface area contributed by atoms with E-state index >= 15 is 0 Å². The van der Waals surface area contributed by atoms with Gasteiger partial charge < -0.3 is 4.74 Å². The number of ether oxygens (including phenoxy) is 1. The Kier molecular flexibility index (Phi) is 3.95. The van der Waals surface area contributed by atoms with Gasteiger partial charge in [0.15, 0.2) is 0 Å². The van der Waals surface area contributed by atoms with Gasteiger partial charge in [-0.2, -0.15) is 5.26 Å². The second kappa shape index (κ2) is 5.47. The van der Waals surface area contributed by atoms with Gasteiger partial charge in [0.1, 0.15) is 5.82 Å². The van der Waals surface area contributed by atoms with Crippen molar-refractivity contribution in [1.29, 1.82) is 5.26 Å². The summed E-state index contributed by atoms with van der Waals surface area (Å²) >= 11 is 0. The molecule has 1 aromatic carbocycles. The normalized spacial score (nSPS) is 23.3. The molecule has 2 unspecified atom stereocenters. The summed E-state index contributed by atoms with van der Waals surface area (Å²) in [6.07, 6.45) is 1.21. The molecule has 0 amide bonds. The van der Waals surface area contributed by atoms with Crippen LogP contribution in [-0.2, 0) is 11.3 Å². The third-order valence-corrected chi connectivity index (χ3v) is 3.42. The van der Waals surface area contributed by atoms with Crippen LogP contribution in [0.3, 0.4) is 0 Å². The van der Waals surface area contributed by atoms with Crippen molar-refractivity contribution >= 4 is 0 Å². The van der Waals surface area contributed by atoms with Crippen LogP contribution in [0.1, 0.15) is 24.5 Å². The molecule has 0 aromatic heterocycles. The molecule has 0 saturated carbocycles. The predicted molar refractivity (Wildman–Crippen MR) is 66.4 cm³/mol. The molecule has 1 aliphatic rings. The number of likely N-dealkylation sites (N-methyl/N-ethyl adjacent to an activating group) is 1. The van der Waals surface area contributed by atoms with Crippen molar-refractivity contribution < 1.29 is 9.13 Å². The Balaban J connectivity index is 2.09. The lowest BCUT2D eigenvalue weighted by Gasteiger charge is -2.26. The first-order valence-corrected chi connectivity index (χ1v) is 6.11. The highest BCUT2D eigenvalue weighted by Gasteiger charge is 2.27. The maximum atomic E-state index is 13.3. The molecule has 0 N–H and O–H groups in total. The maximum absolute atomic E-state index is 13.3. The molecular formula is C14H17FN2O. The fourth-order valence-corrected chi connectivity index (χ4v) is 2.51. The molecule has 1 heterocycles. The molecule has 1 fully saturated rings. The van der Waals surface area contributed by atoms with E-state index in [-0.39, 0.29) is 11.9 Å². The topological polar surface area (TPSA) is 36.3 Å². The molecule has 18 heavy (non-hydrogen) atoms. The van der Waals surface area contributed by atoms with Crippen molar-refractivity contribution in [3.8, 4) is 6.07 Å². The van der Waals surface area contributed by atoms with E-state index in [1.54, 1.807) is 6.07 Å². The predicted octanol–water partition coefficient (Wildman–Crippen LogP) is 2.31. The Morgan fingerprint density at radius 1 is 1.50 bits per heavy atom. The molecular weight excluding hydrogens is 231 g/mol. The first-order chi connectivity index (χ1) is 8.60. The Morgan fingerprint density at radius 2 is 2.28 bits per heavy atom. The van der Waals surface area contributed by atoms with Crippen LogP contribution in [0, 0.1) is 17.1 Å². The molecule has 2 atom stereocenters. The van der Waals surface area contributed by atoms with Crippen molar-refractivity contribution in [2.24, 2.45) is 0 Å². The second-order valence-electron chi connectivity index (χ2n) is 4.81. The smallest absolute Gasteiger partial charge is 0.124 e. The molecule has 1 aromatic rings. The molecule has 3 nitrogen and oxygen atoms in total. The fraction of sp³-hybridized carbons (Fsp3) is 0.500. The number of rotatable bonds is 3. The Labute approximate surface area is 107 Å². The molecule has 4 heteroatoms. The van der Waals surface area contributed by atoms with Gasteiger partial charge in [-0.1, -0.05) is 0 Å². The highest BCUT2D eigenvalue weighted by atomic mass is 19.1. The molecule has 0 bridgehead atoms. The summed E-state index contributed by atoms with van der Waals surface area (Å²) in [6.45, 7) is 3.47. The zero-order valence-electron chi connectivity index (χ0n) is 10.7. The highest BCUT2D eigenvalue weighted by Crippen LogP contribution is 2.20. The van der Waals surface area contributed by atoms with E-state index in [4.69, 9.17) is 10.00 Å². The number of benzene rings is 1. The standard InChI is InChI=1S/C14H17FN2O/c1-10-14(3-4-18-10)17(2)9-12-5-11(8-16)6-13(15)7-12/h5-7,10,14H,3-4,9H2,1-2H3. The van der Waals surface area contributed by atoms with Crippen LogP contribution >= 0.6 is 0 Å². The van der Waals surface area contributed by atoms with Crippen LogP contribution in [0.25, 0.3) is 0 Å². The fourth-order valence-electron chi connectivity index (χ4n) is 2.51. The summed E-state index contributed by atoms with van der Waals surface area (Å²) in [5, 5.41) is 8.82. The third kappa shape index (κ3) is 2.87. The van der Waals surface area contributed by atoms with E-state index in [1.807, 2.05) is 13.1 Å². The van der Waals surface area contributed by atoms with E-state index in [0.29, 0.717) is 18.2 Å². The number of hydrogen-bond acceptors (Lipinski definition) is 3. The Morgan fingerprint density at radius 3 is 2.89 bits per heavy atom. The van der Waals surface area contributed by atoms with Crippen molar-refractivity contribution in [2.75, 3.05) is 13.7 Å². The molecule has 2 rings (SSSR count). The maximum Gasteiger partial charge on any atom is 0.124 e. The van der Waals surface area contributed by atoms with Crippen molar-refractivity contribution in [3.05, 3.63) is 35.1 Å². The van der Waals surface area contributed by atoms with Gasteiger partial charge in [-0.3, -0.25) is 4.90 Å². The van der Waals surface area contributed by atoms with Crippen LogP contribution in [-0.4, -0.2) is 30.7 Å². The van der Waals surface area contributed by atoms with E-state index in [0.717, 1.165) is 18.6 Å². The minimum Gasteiger partial charge on any atom is -0.377 e. The quantitative estimate of drug-likeness (QED) is 0.823. The summed E-state index contributed by atoms with van der Waals surface area (Å²) in [7, 11) is 2.01. The van der Waals surface area contributed by atoms with Crippen LogP contribution in [0.2, 0.25) is 0 Å². The molecule has 1 aliphatic heterocycles. The third-order valence-electron chi connectivity index (χ3n) is 3.42. The average molecular weight is 248 g/mol. The lowest BCUT2D eigenvalue weighted by atomic mass is 10.1. The van der Waals surface area contributed by atoms with Crippen LogP contribution in [0.5, 0.6) is 0 Å². The van der Waals surface area contributed by atoms with Gasteiger partial charge in [0.25, 0.3) is 0 Å². The van der Waals surface area contributed by atoms with Gasteiger partial charge in [0, 0.05) is 19.2 Å². The van der Waals surface area contributed by atoms with E-state index < -0.39 is 0 Å². The summed E-state index contributed by atoms with van der Waals surface area (Å²) in [5.41, 5.74) is 1.20. The first-order valence-electron chi connectivity index (χ1n) is 6.11. The van der Waals surface area contributed by atoms with Crippen LogP contribution in [0.4, 0.5) is 4.39 Å². The monoisotopic (exact) mass is 248 g/mol. The summed E-state index contributed by atoms with van der Waals surface area (Å²) in [6, 6.07) is 6.81. The SMILES string of the molecule is CC1OCCC1N(C)Cc1cc(F)cc(C#N)c1. The van der Waals surface area contributed by atoms with E-state index in [1.165, 1.54) is 12.1 Å². The minimum atomic E-state index is -0.354. The number of nitriles is 1. The van der Waals surface area contributed by atoms with Gasteiger partial charge in [-0.25, -0.2) is 4.39 Å². The highest BCUT2D eigenvalue weighted by molar-refractivity contribution is 5.33. The second-order valence-corrected chi connectivity index (χ2v) is 4.81. The molecule has 0 spiro atoms. The van der Waals surface area contributed by atoms with Crippen molar-refractivity contribution in [2.45, 2.75) is 32.0 Å². The molecule has 96 valence electrons. The Hall–Kier alpha value is -1.44. The summed E-state index contributed by atoms with van der Waals surface area (Å²) in [5.74, 6) is -0.354. The number of nitrogens with zero attached hydrogens (tertiary/aromatic N) is 2. The summed E-state index contributed by atoms with van der Waals surface area (Å²) in [4.78, 5) is 2.16. The molecule has 1 saturated heterocycles. The van der Waals surface area contributed by atoms with E-state index in [2.05, 4.69) is 11.8 Å². The van der Waals surface area contributed by atoms with Crippen LogP contribution < -0.4 is 0 Å². The van der Waals surface area contributed by atoms with Crippen molar-refractivity contribution in [3.63, 3.8) is 0 Å². The zero-order chi connectivity index (χ0) is 13.1. The van der Waals surface area contributed by atoms with Crippen molar-refractivity contribution in [1.82, 2.24) is 4.90 Å².